The lowest BCUT2D eigenvalue weighted by Gasteiger charge is -2.28. The van der Waals surface area contributed by atoms with Crippen LogP contribution in [-0.2, 0) is 10.5 Å². The summed E-state index contributed by atoms with van der Waals surface area (Å²) in [7, 11) is 0. The quantitative estimate of drug-likeness (QED) is 0.856. The number of carboxylic acid groups (broad SMARTS) is 1. The van der Waals surface area contributed by atoms with E-state index in [4.69, 9.17) is 10.8 Å². The molecule has 1 aromatic heterocycles. The smallest absolute Gasteiger partial charge is 0.321 e. The predicted octanol–water partition coefficient (Wildman–Crippen LogP) is 2.30. The Balaban J connectivity index is 1.99. The number of nitrogens with two attached hydrogens (primary N) is 1. The molecular formula is C15H19N3O2S. The van der Waals surface area contributed by atoms with Gasteiger partial charge in [-0.05, 0) is 37.6 Å². The Labute approximate surface area is 128 Å². The van der Waals surface area contributed by atoms with E-state index in [1.165, 1.54) is 0 Å². The maximum absolute atomic E-state index is 11.0. The summed E-state index contributed by atoms with van der Waals surface area (Å²) in [5, 5.41) is 13.2. The van der Waals surface area contributed by atoms with Crippen molar-refractivity contribution >= 4 is 17.7 Å². The van der Waals surface area contributed by atoms with Crippen LogP contribution in [0.4, 0.5) is 0 Å². The molecule has 21 heavy (non-hydrogen) atoms. The molecule has 0 saturated heterocycles. The predicted molar refractivity (Wildman–Crippen MR) is 84.5 cm³/mol. The second-order valence-corrected chi connectivity index (χ2v) is 6.95. The van der Waals surface area contributed by atoms with Crippen LogP contribution in [0.1, 0.15) is 19.4 Å². The molecule has 1 atom stereocenters. The van der Waals surface area contributed by atoms with Gasteiger partial charge in [0.25, 0.3) is 0 Å². The van der Waals surface area contributed by atoms with Gasteiger partial charge in [-0.1, -0.05) is 12.1 Å². The summed E-state index contributed by atoms with van der Waals surface area (Å²) in [5.41, 5.74) is 7.84. The summed E-state index contributed by atoms with van der Waals surface area (Å²) in [4.78, 5) is 11.0. The summed E-state index contributed by atoms with van der Waals surface area (Å²) >= 11 is 1.54. The van der Waals surface area contributed by atoms with E-state index in [1.807, 2.05) is 50.4 Å². The monoisotopic (exact) mass is 305 g/mol. The van der Waals surface area contributed by atoms with Gasteiger partial charge in [-0.15, -0.1) is 11.8 Å². The minimum atomic E-state index is -0.971. The number of hydrogen-bond acceptors (Lipinski definition) is 4. The second-order valence-electron chi connectivity index (χ2n) is 5.33. The highest BCUT2D eigenvalue weighted by Gasteiger charge is 2.32. The van der Waals surface area contributed by atoms with Crippen molar-refractivity contribution in [3.63, 3.8) is 0 Å². The molecule has 2 aromatic rings. The summed E-state index contributed by atoms with van der Waals surface area (Å²) in [6, 6.07) is 9.02. The summed E-state index contributed by atoms with van der Waals surface area (Å²) in [6.07, 6.45) is 3.62. The van der Waals surface area contributed by atoms with Crippen LogP contribution in [0, 0.1) is 0 Å². The number of rotatable bonds is 6. The van der Waals surface area contributed by atoms with Crippen LogP contribution in [0.25, 0.3) is 5.69 Å². The Morgan fingerprint density at radius 3 is 2.62 bits per heavy atom. The van der Waals surface area contributed by atoms with Crippen LogP contribution < -0.4 is 5.73 Å². The molecule has 0 spiro atoms. The number of nitrogens with zero attached hydrogens (tertiary/aromatic N) is 2. The van der Waals surface area contributed by atoms with Gasteiger partial charge < -0.3 is 10.8 Å². The molecule has 3 N–H and O–H groups in total. The Hall–Kier alpha value is -1.79. The van der Waals surface area contributed by atoms with Crippen LogP contribution in [-0.4, -0.2) is 31.6 Å². The minimum absolute atomic E-state index is 0.521. The van der Waals surface area contributed by atoms with Gasteiger partial charge in [0.05, 0.1) is 5.69 Å². The Morgan fingerprint density at radius 1 is 1.43 bits per heavy atom. The van der Waals surface area contributed by atoms with Crippen LogP contribution in [0.15, 0.2) is 42.7 Å². The van der Waals surface area contributed by atoms with E-state index in [0.29, 0.717) is 5.75 Å². The first-order valence-electron chi connectivity index (χ1n) is 6.61. The SMILES string of the molecule is CC(C)(SCc1ccc(-n2cccn2)cc1)[C@H](N)C(=O)O. The molecule has 2 rings (SSSR count). The lowest BCUT2D eigenvalue weighted by Crippen LogP contribution is -2.46. The van der Waals surface area contributed by atoms with E-state index >= 15 is 0 Å². The van der Waals surface area contributed by atoms with Gasteiger partial charge in [-0.25, -0.2) is 4.68 Å². The molecule has 0 aliphatic heterocycles. The van der Waals surface area contributed by atoms with E-state index in [9.17, 15) is 4.79 Å². The Morgan fingerprint density at radius 2 is 2.10 bits per heavy atom. The van der Waals surface area contributed by atoms with Gasteiger partial charge in [0.1, 0.15) is 6.04 Å². The Kier molecular flexibility index (Phi) is 4.69. The third kappa shape index (κ3) is 3.86. The van der Waals surface area contributed by atoms with Crippen LogP contribution >= 0.6 is 11.8 Å². The fourth-order valence-electron chi connectivity index (χ4n) is 1.82. The minimum Gasteiger partial charge on any atom is -0.480 e. The highest BCUT2D eigenvalue weighted by atomic mass is 32.2. The molecule has 112 valence electrons. The maximum Gasteiger partial charge on any atom is 0.321 e. The molecule has 0 bridgehead atoms. The Bertz CT molecular complexity index is 594. The van der Waals surface area contributed by atoms with Gasteiger partial charge in [0.2, 0.25) is 0 Å². The van der Waals surface area contributed by atoms with Crippen LogP contribution in [0.5, 0.6) is 0 Å². The third-order valence-corrected chi connectivity index (χ3v) is 4.81. The molecule has 0 saturated carbocycles. The summed E-state index contributed by atoms with van der Waals surface area (Å²) in [5.74, 6) is -0.255. The molecular weight excluding hydrogens is 286 g/mol. The fourth-order valence-corrected chi connectivity index (χ4v) is 2.83. The molecule has 0 aliphatic carbocycles. The van der Waals surface area contributed by atoms with Gasteiger partial charge >= 0.3 is 5.97 Å². The van der Waals surface area contributed by atoms with Crippen molar-refractivity contribution in [3.8, 4) is 5.69 Å². The van der Waals surface area contributed by atoms with Gasteiger partial charge in [0, 0.05) is 22.9 Å². The number of carboxylic acids is 1. The molecule has 5 nitrogen and oxygen atoms in total. The zero-order chi connectivity index (χ0) is 15.5. The van der Waals surface area contributed by atoms with E-state index in [0.717, 1.165) is 11.3 Å². The first-order valence-corrected chi connectivity index (χ1v) is 7.60. The largest absolute Gasteiger partial charge is 0.480 e. The third-order valence-electron chi connectivity index (χ3n) is 3.33. The first kappa shape index (κ1) is 15.6. The number of carbonyl (C=O) groups is 1. The molecule has 1 heterocycles. The molecule has 0 unspecified atom stereocenters. The van der Waals surface area contributed by atoms with Gasteiger partial charge in [-0.3, -0.25) is 4.79 Å². The van der Waals surface area contributed by atoms with Crippen molar-refractivity contribution in [1.82, 2.24) is 9.78 Å². The van der Waals surface area contributed by atoms with Gasteiger partial charge in [-0.2, -0.15) is 5.10 Å². The fraction of sp³-hybridized carbons (Fsp3) is 0.333. The number of aliphatic carboxylic acids is 1. The van der Waals surface area contributed by atoms with Gasteiger partial charge in [0.15, 0.2) is 0 Å². The summed E-state index contributed by atoms with van der Waals surface area (Å²) in [6.45, 7) is 3.71. The first-order chi connectivity index (χ1) is 9.90. The molecule has 0 amide bonds. The van der Waals surface area contributed by atoms with E-state index in [-0.39, 0.29) is 0 Å². The maximum atomic E-state index is 11.0. The average molecular weight is 305 g/mol. The molecule has 6 heteroatoms. The number of hydrogen-bond donors (Lipinski definition) is 2. The van der Waals surface area contributed by atoms with Crippen molar-refractivity contribution in [2.45, 2.75) is 30.4 Å². The standard InChI is InChI=1S/C15H19N3O2S/c1-15(2,13(16)14(19)20)21-10-11-4-6-12(7-5-11)18-9-3-8-17-18/h3-9,13H,10,16H2,1-2H3,(H,19,20)/t13-/m1/s1. The molecule has 0 radical (unpaired) electrons. The molecule has 0 aliphatic rings. The highest BCUT2D eigenvalue weighted by Crippen LogP contribution is 2.30. The molecule has 1 aromatic carbocycles. The van der Waals surface area contributed by atoms with Crippen molar-refractivity contribution in [1.29, 1.82) is 0 Å². The van der Waals surface area contributed by atoms with Crippen molar-refractivity contribution in [2.75, 3.05) is 0 Å². The zero-order valence-corrected chi connectivity index (χ0v) is 12.9. The van der Waals surface area contributed by atoms with E-state index in [2.05, 4.69) is 5.10 Å². The highest BCUT2D eigenvalue weighted by molar-refractivity contribution is 7.99. The molecule has 0 fully saturated rings. The van der Waals surface area contributed by atoms with Crippen LogP contribution in [0.3, 0.4) is 0 Å². The van der Waals surface area contributed by atoms with Crippen molar-refractivity contribution in [2.24, 2.45) is 5.73 Å². The lowest BCUT2D eigenvalue weighted by molar-refractivity contribution is -0.139. The number of benzene rings is 1. The zero-order valence-electron chi connectivity index (χ0n) is 12.1. The van der Waals surface area contributed by atoms with Crippen molar-refractivity contribution in [3.05, 3.63) is 48.3 Å². The normalized spacial score (nSPS) is 13.1. The second kappa shape index (κ2) is 6.32. The lowest BCUT2D eigenvalue weighted by atomic mass is 10.1. The number of thioether (sulfide) groups is 1. The van der Waals surface area contributed by atoms with Crippen molar-refractivity contribution < 1.29 is 9.90 Å². The summed E-state index contributed by atoms with van der Waals surface area (Å²) < 4.78 is 1.27. The topological polar surface area (TPSA) is 81.1 Å². The van der Waals surface area contributed by atoms with Crippen LogP contribution in [0.2, 0.25) is 0 Å². The average Bonchev–Trinajstić information content (AvgIpc) is 2.99. The van der Waals surface area contributed by atoms with E-state index < -0.39 is 16.8 Å². The number of aromatic nitrogens is 2. The van der Waals surface area contributed by atoms with E-state index in [1.54, 1.807) is 22.6 Å².